The highest BCUT2D eigenvalue weighted by atomic mass is 19.1. The van der Waals surface area contributed by atoms with Crippen molar-refractivity contribution in [2.75, 3.05) is 17.6 Å². The van der Waals surface area contributed by atoms with Gasteiger partial charge in [-0.05, 0) is 62.8 Å². The van der Waals surface area contributed by atoms with Crippen molar-refractivity contribution in [3.8, 4) is 11.3 Å². The lowest BCUT2D eigenvalue weighted by Gasteiger charge is -2.30. The maximum atomic E-state index is 14.0. The molecule has 2 fully saturated rings. The number of anilines is 2. The Labute approximate surface area is 226 Å². The number of nitrogens with zero attached hydrogens (tertiary/aromatic N) is 2. The molecule has 2 atom stereocenters. The van der Waals surface area contributed by atoms with E-state index in [1.54, 1.807) is 6.20 Å². The van der Waals surface area contributed by atoms with Gasteiger partial charge in [-0.25, -0.2) is 18.7 Å². The SMILES string of the molecule is Nc1ncc(-c2ccc(CNC3CCNC(C(=O)OC4CCCC4)C3)cc2)nc1NCc1c(F)cccc1F. The maximum absolute atomic E-state index is 14.0. The molecule has 1 saturated heterocycles. The summed E-state index contributed by atoms with van der Waals surface area (Å²) in [4.78, 5) is 21.3. The highest BCUT2D eigenvalue weighted by Gasteiger charge is 2.30. The van der Waals surface area contributed by atoms with Crippen molar-refractivity contribution in [2.24, 2.45) is 0 Å². The van der Waals surface area contributed by atoms with E-state index >= 15 is 0 Å². The van der Waals surface area contributed by atoms with E-state index in [0.717, 1.165) is 49.8 Å². The van der Waals surface area contributed by atoms with E-state index in [1.165, 1.54) is 18.2 Å². The molecule has 10 heteroatoms. The third-order valence-corrected chi connectivity index (χ3v) is 7.41. The molecular formula is C29H34F2N6O2. The van der Waals surface area contributed by atoms with E-state index in [1.807, 2.05) is 24.3 Å². The fourth-order valence-corrected chi connectivity index (χ4v) is 5.13. The molecule has 1 aliphatic heterocycles. The topological polar surface area (TPSA) is 114 Å². The first-order valence-electron chi connectivity index (χ1n) is 13.5. The van der Waals surface area contributed by atoms with Crippen LogP contribution in [-0.2, 0) is 22.6 Å². The average molecular weight is 537 g/mol. The van der Waals surface area contributed by atoms with Crippen molar-refractivity contribution in [1.82, 2.24) is 20.6 Å². The van der Waals surface area contributed by atoms with Crippen molar-refractivity contribution in [3.63, 3.8) is 0 Å². The summed E-state index contributed by atoms with van der Waals surface area (Å²) in [5.74, 6) is -1.01. The van der Waals surface area contributed by atoms with Crippen LogP contribution in [0.15, 0.2) is 48.7 Å². The molecular weight excluding hydrogens is 502 g/mol. The Morgan fingerprint density at radius 1 is 1.05 bits per heavy atom. The van der Waals surface area contributed by atoms with Gasteiger partial charge in [0.25, 0.3) is 0 Å². The third kappa shape index (κ3) is 6.88. The van der Waals surface area contributed by atoms with Crippen molar-refractivity contribution in [2.45, 2.75) is 69.8 Å². The number of esters is 1. The van der Waals surface area contributed by atoms with Gasteiger partial charge in [-0.2, -0.15) is 0 Å². The monoisotopic (exact) mass is 536 g/mol. The Kier molecular flexibility index (Phi) is 8.63. The van der Waals surface area contributed by atoms with Crippen LogP contribution in [0, 0.1) is 11.6 Å². The predicted molar refractivity (Wildman–Crippen MR) is 146 cm³/mol. The average Bonchev–Trinajstić information content (AvgIpc) is 3.46. The zero-order valence-corrected chi connectivity index (χ0v) is 21.8. The number of rotatable bonds is 9. The Hall–Kier alpha value is -3.63. The first kappa shape index (κ1) is 27.0. The van der Waals surface area contributed by atoms with Gasteiger partial charge in [0, 0.05) is 30.3 Å². The molecule has 1 saturated carbocycles. The number of aromatic nitrogens is 2. The van der Waals surface area contributed by atoms with Crippen LogP contribution in [0.5, 0.6) is 0 Å². The number of nitrogens with one attached hydrogen (secondary N) is 3. The number of hydrogen-bond acceptors (Lipinski definition) is 8. The van der Waals surface area contributed by atoms with Crippen molar-refractivity contribution in [1.29, 1.82) is 0 Å². The summed E-state index contributed by atoms with van der Waals surface area (Å²) in [6.45, 7) is 1.34. The van der Waals surface area contributed by atoms with E-state index in [4.69, 9.17) is 10.5 Å². The minimum Gasteiger partial charge on any atom is -0.461 e. The van der Waals surface area contributed by atoms with Crippen LogP contribution < -0.4 is 21.7 Å². The smallest absolute Gasteiger partial charge is 0.323 e. The van der Waals surface area contributed by atoms with Crippen LogP contribution in [0.1, 0.15) is 49.7 Å². The normalized spacial score (nSPS) is 19.6. The van der Waals surface area contributed by atoms with Crippen molar-refractivity contribution >= 4 is 17.6 Å². The molecule has 39 heavy (non-hydrogen) atoms. The fraction of sp³-hybridized carbons (Fsp3) is 0.414. The highest BCUT2D eigenvalue weighted by Crippen LogP contribution is 2.24. The van der Waals surface area contributed by atoms with Crippen LogP contribution >= 0.6 is 0 Å². The summed E-state index contributed by atoms with van der Waals surface area (Å²) in [6.07, 6.45) is 7.52. The van der Waals surface area contributed by atoms with Crippen LogP contribution in [0.4, 0.5) is 20.4 Å². The van der Waals surface area contributed by atoms with Gasteiger partial charge in [0.05, 0.1) is 11.9 Å². The number of carbonyl (C=O) groups excluding carboxylic acids is 1. The van der Waals surface area contributed by atoms with Gasteiger partial charge in [-0.1, -0.05) is 30.3 Å². The standard InChI is InChI=1S/C29H34F2N6O2/c30-23-6-3-7-24(31)22(23)16-36-28-27(32)35-17-26(37-28)19-10-8-18(9-11-19)15-34-20-12-13-33-25(14-20)29(38)39-21-4-1-2-5-21/h3,6-11,17,20-21,25,33-34H,1-2,4-5,12-16H2,(H2,32,35)(H,36,37). The summed E-state index contributed by atoms with van der Waals surface area (Å²) >= 11 is 0. The number of nitrogen functional groups attached to an aromatic ring is 1. The number of carbonyl (C=O) groups is 1. The van der Waals surface area contributed by atoms with Gasteiger partial charge in [0.1, 0.15) is 23.8 Å². The molecule has 0 amide bonds. The first-order chi connectivity index (χ1) is 19.0. The zero-order valence-electron chi connectivity index (χ0n) is 21.8. The van der Waals surface area contributed by atoms with Crippen LogP contribution in [-0.4, -0.2) is 40.7 Å². The summed E-state index contributed by atoms with van der Waals surface area (Å²) in [6, 6.07) is 11.6. The Morgan fingerprint density at radius 3 is 2.54 bits per heavy atom. The van der Waals surface area contributed by atoms with E-state index in [0.29, 0.717) is 18.7 Å². The van der Waals surface area contributed by atoms with Gasteiger partial charge in [-0.3, -0.25) is 4.79 Å². The molecule has 2 heterocycles. The third-order valence-electron chi connectivity index (χ3n) is 7.41. The lowest BCUT2D eigenvalue weighted by Crippen LogP contribution is -2.50. The number of nitrogens with two attached hydrogens (primary N) is 1. The molecule has 1 aromatic heterocycles. The summed E-state index contributed by atoms with van der Waals surface area (Å²) in [7, 11) is 0. The number of benzene rings is 2. The molecule has 206 valence electrons. The Balaban J connectivity index is 1.15. The Bertz CT molecular complexity index is 1260. The molecule has 0 radical (unpaired) electrons. The molecule has 8 nitrogen and oxygen atoms in total. The molecule has 2 aromatic carbocycles. The fourth-order valence-electron chi connectivity index (χ4n) is 5.13. The second kappa shape index (κ2) is 12.5. The largest absolute Gasteiger partial charge is 0.461 e. The second-order valence-electron chi connectivity index (χ2n) is 10.2. The van der Waals surface area contributed by atoms with E-state index in [2.05, 4.69) is 25.9 Å². The molecule has 5 N–H and O–H groups in total. The van der Waals surface area contributed by atoms with Crippen molar-refractivity contribution in [3.05, 3.63) is 71.4 Å². The number of hydrogen-bond donors (Lipinski definition) is 4. The number of piperidine rings is 1. The summed E-state index contributed by atoms with van der Waals surface area (Å²) < 4.78 is 33.6. The molecule has 0 spiro atoms. The van der Waals surface area contributed by atoms with Crippen LogP contribution in [0.25, 0.3) is 11.3 Å². The molecule has 2 unspecified atom stereocenters. The summed E-state index contributed by atoms with van der Waals surface area (Å²) in [5, 5.41) is 9.76. The van der Waals surface area contributed by atoms with Crippen LogP contribution in [0.2, 0.25) is 0 Å². The lowest BCUT2D eigenvalue weighted by atomic mass is 9.99. The minimum absolute atomic E-state index is 0.0820. The van der Waals surface area contributed by atoms with E-state index < -0.39 is 11.6 Å². The molecule has 2 aliphatic rings. The van der Waals surface area contributed by atoms with E-state index in [-0.39, 0.29) is 47.9 Å². The first-order valence-corrected chi connectivity index (χ1v) is 13.5. The molecule has 1 aliphatic carbocycles. The van der Waals surface area contributed by atoms with Gasteiger partial charge in [0.2, 0.25) is 0 Å². The quantitative estimate of drug-likeness (QED) is 0.299. The van der Waals surface area contributed by atoms with Crippen molar-refractivity contribution < 1.29 is 18.3 Å². The number of halogens is 2. The maximum Gasteiger partial charge on any atom is 0.323 e. The van der Waals surface area contributed by atoms with Gasteiger partial charge >= 0.3 is 5.97 Å². The zero-order chi connectivity index (χ0) is 27.2. The number of ether oxygens (including phenoxy) is 1. The second-order valence-corrected chi connectivity index (χ2v) is 10.2. The summed E-state index contributed by atoms with van der Waals surface area (Å²) in [5.41, 5.74) is 8.37. The highest BCUT2D eigenvalue weighted by molar-refractivity contribution is 5.76. The van der Waals surface area contributed by atoms with Gasteiger partial charge in [0.15, 0.2) is 11.6 Å². The minimum atomic E-state index is -0.640. The van der Waals surface area contributed by atoms with Gasteiger partial charge in [-0.15, -0.1) is 0 Å². The lowest BCUT2D eigenvalue weighted by molar-refractivity contribution is -0.152. The van der Waals surface area contributed by atoms with E-state index in [9.17, 15) is 13.6 Å². The molecule has 3 aromatic rings. The molecule has 0 bridgehead atoms. The van der Waals surface area contributed by atoms with Crippen LogP contribution in [0.3, 0.4) is 0 Å². The Morgan fingerprint density at radius 2 is 1.79 bits per heavy atom. The molecule has 5 rings (SSSR count). The predicted octanol–water partition coefficient (Wildman–Crippen LogP) is 4.31. The van der Waals surface area contributed by atoms with Gasteiger partial charge < -0.3 is 26.4 Å².